The van der Waals surface area contributed by atoms with Gasteiger partial charge < -0.3 is 10.5 Å². The highest BCUT2D eigenvalue weighted by Gasteiger charge is 2.33. The summed E-state index contributed by atoms with van der Waals surface area (Å²) in [5.41, 5.74) is 5.19. The number of benzene rings is 1. The number of aromatic nitrogens is 3. The number of primary amides is 1. The van der Waals surface area contributed by atoms with Crippen LogP contribution < -0.4 is 5.73 Å². The third kappa shape index (κ3) is 3.79. The van der Waals surface area contributed by atoms with Crippen LogP contribution in [0.25, 0.3) is 22.0 Å². The SMILES string of the molecule is NC(=O)c1nc(C(F)(F)F)ccc1-c1ccc2nn(C3CCC(C=O)CC3)cc2c1. The molecule has 0 bridgehead atoms. The molecule has 2 heterocycles. The predicted molar refractivity (Wildman–Crippen MR) is 104 cm³/mol. The Morgan fingerprint density at radius 1 is 1.13 bits per heavy atom. The number of aldehydes is 1. The van der Waals surface area contributed by atoms with Crippen molar-refractivity contribution in [2.45, 2.75) is 37.9 Å². The van der Waals surface area contributed by atoms with Gasteiger partial charge in [-0.25, -0.2) is 4.98 Å². The Kier molecular flexibility index (Phi) is 5.05. The summed E-state index contributed by atoms with van der Waals surface area (Å²) in [5.74, 6) is -0.920. The molecule has 0 atom stereocenters. The van der Waals surface area contributed by atoms with E-state index in [9.17, 15) is 22.8 Å². The van der Waals surface area contributed by atoms with E-state index in [4.69, 9.17) is 5.73 Å². The van der Waals surface area contributed by atoms with Crippen molar-refractivity contribution >= 4 is 23.1 Å². The fraction of sp³-hybridized carbons (Fsp3) is 0.333. The summed E-state index contributed by atoms with van der Waals surface area (Å²) in [6, 6.07) is 7.43. The van der Waals surface area contributed by atoms with Gasteiger partial charge in [-0.2, -0.15) is 18.3 Å². The van der Waals surface area contributed by atoms with Crippen LogP contribution in [0.15, 0.2) is 36.5 Å². The molecule has 1 fully saturated rings. The number of hydrogen-bond donors (Lipinski definition) is 1. The van der Waals surface area contributed by atoms with Gasteiger partial charge in [0.05, 0.1) is 11.6 Å². The Bertz CT molecular complexity index is 1120. The number of rotatable bonds is 4. The number of nitrogens with two attached hydrogens (primary N) is 1. The van der Waals surface area contributed by atoms with Crippen LogP contribution in [0.1, 0.15) is 47.9 Å². The van der Waals surface area contributed by atoms with Crippen molar-refractivity contribution in [2.24, 2.45) is 11.7 Å². The van der Waals surface area contributed by atoms with Gasteiger partial charge in [-0.05, 0) is 55.5 Å². The van der Waals surface area contributed by atoms with Crippen LogP contribution in [0, 0.1) is 5.92 Å². The van der Waals surface area contributed by atoms with E-state index < -0.39 is 23.5 Å². The smallest absolute Gasteiger partial charge is 0.364 e. The molecular weight excluding hydrogens is 397 g/mol. The van der Waals surface area contributed by atoms with Crippen molar-refractivity contribution in [2.75, 3.05) is 0 Å². The predicted octanol–water partition coefficient (Wildman–Crippen LogP) is 4.15. The highest BCUT2D eigenvalue weighted by molar-refractivity contribution is 5.99. The lowest BCUT2D eigenvalue weighted by molar-refractivity contribution is -0.141. The topological polar surface area (TPSA) is 90.9 Å². The molecule has 2 N–H and O–H groups in total. The number of pyridine rings is 1. The lowest BCUT2D eigenvalue weighted by Crippen LogP contribution is -2.19. The zero-order valence-corrected chi connectivity index (χ0v) is 15.9. The summed E-state index contributed by atoms with van der Waals surface area (Å²) < 4.78 is 40.8. The Morgan fingerprint density at radius 3 is 2.50 bits per heavy atom. The molecule has 1 aliphatic carbocycles. The molecule has 156 valence electrons. The summed E-state index contributed by atoms with van der Waals surface area (Å²) in [7, 11) is 0. The molecule has 3 aromatic rings. The van der Waals surface area contributed by atoms with Crippen molar-refractivity contribution in [3.63, 3.8) is 0 Å². The second kappa shape index (κ2) is 7.55. The maximum atomic E-state index is 13.0. The number of alkyl halides is 3. The van der Waals surface area contributed by atoms with E-state index in [1.54, 1.807) is 18.2 Å². The molecule has 0 unspecified atom stereocenters. The van der Waals surface area contributed by atoms with E-state index in [1.807, 2.05) is 10.9 Å². The van der Waals surface area contributed by atoms with E-state index in [0.29, 0.717) is 5.56 Å². The zero-order valence-electron chi connectivity index (χ0n) is 15.9. The number of carbonyl (C=O) groups excluding carboxylic acids is 2. The number of hydrogen-bond acceptors (Lipinski definition) is 4. The van der Waals surface area contributed by atoms with Gasteiger partial charge in [0.1, 0.15) is 17.7 Å². The van der Waals surface area contributed by atoms with E-state index in [2.05, 4.69) is 10.1 Å². The Morgan fingerprint density at radius 2 is 1.87 bits per heavy atom. The molecule has 0 spiro atoms. The van der Waals surface area contributed by atoms with Crippen LogP contribution >= 0.6 is 0 Å². The molecule has 1 aliphatic rings. The second-order valence-electron chi connectivity index (χ2n) is 7.54. The van der Waals surface area contributed by atoms with E-state index >= 15 is 0 Å². The second-order valence-corrected chi connectivity index (χ2v) is 7.54. The van der Waals surface area contributed by atoms with Gasteiger partial charge in [0, 0.05) is 23.1 Å². The molecule has 0 saturated heterocycles. The molecule has 9 heteroatoms. The number of halogens is 3. The van der Waals surface area contributed by atoms with Gasteiger partial charge in [0.2, 0.25) is 0 Å². The minimum atomic E-state index is -4.67. The molecule has 0 radical (unpaired) electrons. The average Bonchev–Trinajstić information content (AvgIpc) is 3.16. The summed E-state index contributed by atoms with van der Waals surface area (Å²) in [6.45, 7) is 0. The first-order chi connectivity index (χ1) is 14.3. The maximum absolute atomic E-state index is 13.0. The van der Waals surface area contributed by atoms with Crippen LogP contribution in [-0.2, 0) is 11.0 Å². The molecule has 4 rings (SSSR count). The Labute approximate surface area is 169 Å². The molecule has 0 aliphatic heterocycles. The van der Waals surface area contributed by atoms with Gasteiger partial charge >= 0.3 is 6.18 Å². The quantitative estimate of drug-likeness (QED) is 0.647. The molecule has 1 saturated carbocycles. The van der Waals surface area contributed by atoms with Crippen LogP contribution in [0.4, 0.5) is 13.2 Å². The normalized spacial score (nSPS) is 19.7. The molecule has 1 aromatic carbocycles. The summed E-state index contributed by atoms with van der Waals surface area (Å²) >= 11 is 0. The van der Waals surface area contributed by atoms with E-state index in [0.717, 1.165) is 48.9 Å². The summed E-state index contributed by atoms with van der Waals surface area (Å²) in [4.78, 5) is 26.1. The standard InChI is InChI=1S/C21H19F3N4O2/c22-21(23,24)18-8-6-16(19(26-18)20(25)30)13-3-7-17-14(9-13)10-28(27-17)15-4-1-12(11-29)2-5-15/h3,6-12,15H,1-2,4-5H2,(H2,25,30). The Balaban J connectivity index is 1.69. The molecule has 6 nitrogen and oxygen atoms in total. The van der Waals surface area contributed by atoms with Crippen LogP contribution in [0.3, 0.4) is 0 Å². The first-order valence-corrected chi connectivity index (χ1v) is 9.59. The highest BCUT2D eigenvalue weighted by atomic mass is 19.4. The van der Waals surface area contributed by atoms with Crippen molar-refractivity contribution < 1.29 is 22.8 Å². The average molecular weight is 416 g/mol. The molecule has 1 amide bonds. The first kappa shape index (κ1) is 20.1. The van der Waals surface area contributed by atoms with Crippen molar-refractivity contribution in [1.29, 1.82) is 0 Å². The lowest BCUT2D eigenvalue weighted by atomic mass is 9.87. The molecular formula is C21H19F3N4O2. The van der Waals surface area contributed by atoms with Crippen molar-refractivity contribution in [3.8, 4) is 11.1 Å². The Hall–Kier alpha value is -3.23. The number of nitrogens with zero attached hydrogens (tertiary/aromatic N) is 3. The van der Waals surface area contributed by atoms with Gasteiger partial charge in [-0.3, -0.25) is 9.48 Å². The summed E-state index contributed by atoms with van der Waals surface area (Å²) in [5, 5.41) is 5.39. The fourth-order valence-electron chi connectivity index (χ4n) is 3.94. The van der Waals surface area contributed by atoms with Crippen LogP contribution in [0.5, 0.6) is 0 Å². The maximum Gasteiger partial charge on any atom is 0.433 e. The van der Waals surface area contributed by atoms with Crippen molar-refractivity contribution in [3.05, 3.63) is 47.9 Å². The highest BCUT2D eigenvalue weighted by Crippen LogP contribution is 2.34. The van der Waals surface area contributed by atoms with Crippen molar-refractivity contribution in [1.82, 2.24) is 14.8 Å². The van der Waals surface area contributed by atoms with Gasteiger partial charge in [0.15, 0.2) is 0 Å². The third-order valence-electron chi connectivity index (χ3n) is 5.56. The zero-order chi connectivity index (χ0) is 21.5. The first-order valence-electron chi connectivity index (χ1n) is 9.59. The number of carbonyl (C=O) groups is 2. The van der Waals surface area contributed by atoms with Crippen LogP contribution in [0.2, 0.25) is 0 Å². The third-order valence-corrected chi connectivity index (χ3v) is 5.56. The minimum absolute atomic E-state index is 0.109. The monoisotopic (exact) mass is 416 g/mol. The fourth-order valence-corrected chi connectivity index (χ4v) is 3.94. The minimum Gasteiger partial charge on any atom is -0.364 e. The van der Waals surface area contributed by atoms with Gasteiger partial charge in [-0.15, -0.1) is 0 Å². The number of amides is 1. The van der Waals surface area contributed by atoms with Gasteiger partial charge in [0.25, 0.3) is 5.91 Å². The van der Waals surface area contributed by atoms with E-state index in [1.165, 1.54) is 6.07 Å². The molecule has 30 heavy (non-hydrogen) atoms. The summed E-state index contributed by atoms with van der Waals surface area (Å²) in [6.07, 6.45) is 1.60. The molecule has 2 aromatic heterocycles. The lowest BCUT2D eigenvalue weighted by Gasteiger charge is -2.25. The van der Waals surface area contributed by atoms with Crippen LogP contribution in [-0.4, -0.2) is 27.0 Å². The number of fused-ring (bicyclic) bond motifs is 1. The largest absolute Gasteiger partial charge is 0.433 e. The van der Waals surface area contributed by atoms with Gasteiger partial charge in [-0.1, -0.05) is 6.07 Å². The van der Waals surface area contributed by atoms with E-state index in [-0.39, 0.29) is 17.5 Å².